The molecule has 23 heavy (non-hydrogen) atoms. The van der Waals surface area contributed by atoms with Gasteiger partial charge in [0, 0.05) is 25.7 Å². The van der Waals surface area contributed by atoms with Crippen LogP contribution in [0.1, 0.15) is 30.8 Å². The quantitative estimate of drug-likeness (QED) is 0.929. The van der Waals surface area contributed by atoms with Crippen LogP contribution in [-0.4, -0.2) is 41.7 Å². The first-order chi connectivity index (χ1) is 11.0. The third-order valence-electron chi connectivity index (χ3n) is 3.82. The lowest BCUT2D eigenvalue weighted by Crippen LogP contribution is -2.44. The van der Waals surface area contributed by atoms with E-state index in [0.29, 0.717) is 11.7 Å². The first-order valence-corrected chi connectivity index (χ1v) is 7.41. The molecule has 2 heterocycles. The molecule has 8 heteroatoms. The van der Waals surface area contributed by atoms with Crippen LogP contribution < -0.4 is 10.1 Å². The van der Waals surface area contributed by atoms with Crippen molar-refractivity contribution >= 4 is 0 Å². The lowest BCUT2D eigenvalue weighted by molar-refractivity contribution is 0.172. The molecular formula is C15H18F2N4O2. The Hall–Kier alpha value is -2.06. The third-order valence-corrected chi connectivity index (χ3v) is 3.82. The Balaban J connectivity index is 1.70. The summed E-state index contributed by atoms with van der Waals surface area (Å²) in [5.41, 5.74) is 0. The predicted octanol–water partition coefficient (Wildman–Crippen LogP) is 2.06. The number of hydrogen-bond acceptors (Lipinski definition) is 6. The van der Waals surface area contributed by atoms with Gasteiger partial charge in [-0.05, 0) is 26.1 Å². The molecular weight excluding hydrogens is 306 g/mol. The van der Waals surface area contributed by atoms with Gasteiger partial charge in [0.15, 0.2) is 23.6 Å². The second-order valence-electron chi connectivity index (χ2n) is 5.53. The minimum Gasteiger partial charge on any atom is -0.481 e. The molecule has 1 aromatic heterocycles. The molecule has 2 unspecified atom stereocenters. The van der Waals surface area contributed by atoms with Gasteiger partial charge in [-0.25, -0.2) is 8.78 Å². The smallest absolute Gasteiger partial charge is 0.267 e. The SMILES string of the molecule is CC(Oc1ccc(F)c(F)c1)c1nc(C2CNCCN2C)no1. The van der Waals surface area contributed by atoms with Crippen molar-refractivity contribution in [2.45, 2.75) is 19.1 Å². The maximum Gasteiger partial charge on any atom is 0.267 e. The fourth-order valence-corrected chi connectivity index (χ4v) is 2.45. The first-order valence-electron chi connectivity index (χ1n) is 7.41. The number of nitrogens with zero attached hydrogens (tertiary/aromatic N) is 3. The Labute approximate surface area is 132 Å². The van der Waals surface area contributed by atoms with Gasteiger partial charge in [0.1, 0.15) is 5.75 Å². The van der Waals surface area contributed by atoms with Crippen LogP contribution in [0.4, 0.5) is 8.78 Å². The third kappa shape index (κ3) is 3.48. The van der Waals surface area contributed by atoms with E-state index >= 15 is 0 Å². The number of benzene rings is 1. The Morgan fingerprint density at radius 3 is 2.96 bits per heavy atom. The van der Waals surface area contributed by atoms with Crippen LogP contribution in [0.2, 0.25) is 0 Å². The summed E-state index contributed by atoms with van der Waals surface area (Å²) in [5.74, 6) is -0.805. The highest BCUT2D eigenvalue weighted by Crippen LogP contribution is 2.24. The molecule has 0 aliphatic carbocycles. The zero-order chi connectivity index (χ0) is 16.4. The van der Waals surface area contributed by atoms with Crippen LogP contribution in [0.25, 0.3) is 0 Å². The summed E-state index contributed by atoms with van der Waals surface area (Å²) in [7, 11) is 2.00. The highest BCUT2D eigenvalue weighted by atomic mass is 19.2. The lowest BCUT2D eigenvalue weighted by Gasteiger charge is -2.30. The lowest BCUT2D eigenvalue weighted by atomic mass is 10.2. The molecule has 1 aliphatic rings. The highest BCUT2D eigenvalue weighted by molar-refractivity contribution is 5.24. The predicted molar refractivity (Wildman–Crippen MR) is 77.9 cm³/mol. The molecule has 6 nitrogen and oxygen atoms in total. The number of nitrogens with one attached hydrogen (secondary N) is 1. The number of rotatable bonds is 4. The molecule has 0 amide bonds. The van der Waals surface area contributed by atoms with E-state index in [0.717, 1.165) is 31.8 Å². The molecule has 2 atom stereocenters. The topological polar surface area (TPSA) is 63.4 Å². The van der Waals surface area contributed by atoms with Gasteiger partial charge in [-0.3, -0.25) is 4.90 Å². The van der Waals surface area contributed by atoms with Crippen molar-refractivity contribution in [2.24, 2.45) is 0 Å². The molecule has 3 rings (SSSR count). The minimum atomic E-state index is -0.962. The summed E-state index contributed by atoms with van der Waals surface area (Å²) in [4.78, 5) is 6.51. The van der Waals surface area contributed by atoms with E-state index in [1.807, 2.05) is 7.05 Å². The molecule has 124 valence electrons. The zero-order valence-electron chi connectivity index (χ0n) is 12.9. The number of hydrogen-bond donors (Lipinski definition) is 1. The molecule has 1 aliphatic heterocycles. The Bertz CT molecular complexity index is 679. The summed E-state index contributed by atoms with van der Waals surface area (Å²) >= 11 is 0. The van der Waals surface area contributed by atoms with Gasteiger partial charge >= 0.3 is 0 Å². The van der Waals surface area contributed by atoms with E-state index in [4.69, 9.17) is 9.26 Å². The van der Waals surface area contributed by atoms with Gasteiger partial charge in [0.2, 0.25) is 0 Å². The van der Waals surface area contributed by atoms with Gasteiger partial charge in [0.25, 0.3) is 5.89 Å². The minimum absolute atomic E-state index is 0.0386. The Morgan fingerprint density at radius 2 is 2.22 bits per heavy atom. The molecule has 2 aromatic rings. The standard InChI is InChI=1S/C15H18F2N4O2/c1-9(22-10-3-4-11(16)12(17)7-10)15-19-14(20-23-15)13-8-18-5-6-21(13)2/h3-4,7,9,13,18H,5-6,8H2,1-2H3. The van der Waals surface area contributed by atoms with Crippen molar-refractivity contribution in [1.29, 1.82) is 0 Å². The van der Waals surface area contributed by atoms with Crippen molar-refractivity contribution in [2.75, 3.05) is 26.7 Å². The number of piperazine rings is 1. The Kier molecular flexibility index (Phi) is 4.53. The van der Waals surface area contributed by atoms with Crippen LogP contribution >= 0.6 is 0 Å². The second kappa shape index (κ2) is 6.59. The summed E-state index contributed by atoms with van der Waals surface area (Å²) in [6.07, 6.45) is -0.567. The summed E-state index contributed by atoms with van der Waals surface area (Å²) in [6, 6.07) is 3.39. The van der Waals surface area contributed by atoms with E-state index in [-0.39, 0.29) is 11.8 Å². The van der Waals surface area contributed by atoms with Crippen molar-refractivity contribution in [1.82, 2.24) is 20.4 Å². The fraction of sp³-hybridized carbons (Fsp3) is 0.467. The number of ether oxygens (including phenoxy) is 1. The van der Waals surface area contributed by atoms with E-state index in [1.54, 1.807) is 6.92 Å². The van der Waals surface area contributed by atoms with Gasteiger partial charge in [0.05, 0.1) is 6.04 Å². The maximum absolute atomic E-state index is 13.2. The van der Waals surface area contributed by atoms with Gasteiger partial charge in [-0.1, -0.05) is 5.16 Å². The van der Waals surface area contributed by atoms with Gasteiger partial charge < -0.3 is 14.6 Å². The van der Waals surface area contributed by atoms with Crippen LogP contribution in [0.15, 0.2) is 22.7 Å². The van der Waals surface area contributed by atoms with Gasteiger partial charge in [-0.15, -0.1) is 0 Å². The maximum atomic E-state index is 13.2. The molecule has 1 aromatic carbocycles. The number of aromatic nitrogens is 2. The number of likely N-dealkylation sites (N-methyl/N-ethyl adjacent to an activating group) is 1. The molecule has 1 fully saturated rings. The average molecular weight is 324 g/mol. The summed E-state index contributed by atoms with van der Waals surface area (Å²) in [5, 5.41) is 7.28. The largest absolute Gasteiger partial charge is 0.481 e. The van der Waals surface area contributed by atoms with Gasteiger partial charge in [-0.2, -0.15) is 4.98 Å². The van der Waals surface area contributed by atoms with E-state index in [2.05, 4.69) is 20.4 Å². The van der Waals surface area contributed by atoms with Crippen LogP contribution in [-0.2, 0) is 0 Å². The van der Waals surface area contributed by atoms with Crippen molar-refractivity contribution < 1.29 is 18.0 Å². The van der Waals surface area contributed by atoms with Crippen LogP contribution in [0.5, 0.6) is 5.75 Å². The zero-order valence-corrected chi connectivity index (χ0v) is 12.9. The first kappa shape index (κ1) is 15.8. The number of halogens is 2. The summed E-state index contributed by atoms with van der Waals surface area (Å²) < 4.78 is 36.9. The molecule has 1 N–H and O–H groups in total. The normalized spacial score (nSPS) is 20.4. The van der Waals surface area contributed by atoms with Crippen molar-refractivity contribution in [3.63, 3.8) is 0 Å². The highest BCUT2D eigenvalue weighted by Gasteiger charge is 2.26. The molecule has 0 spiro atoms. The average Bonchev–Trinajstić information content (AvgIpc) is 3.01. The molecule has 0 radical (unpaired) electrons. The fourth-order valence-electron chi connectivity index (χ4n) is 2.45. The molecule has 1 saturated heterocycles. The van der Waals surface area contributed by atoms with Crippen molar-refractivity contribution in [3.8, 4) is 5.75 Å². The van der Waals surface area contributed by atoms with E-state index < -0.39 is 17.7 Å². The Morgan fingerprint density at radius 1 is 1.39 bits per heavy atom. The monoisotopic (exact) mass is 324 g/mol. The van der Waals surface area contributed by atoms with E-state index in [9.17, 15) is 8.78 Å². The van der Waals surface area contributed by atoms with Crippen LogP contribution in [0, 0.1) is 11.6 Å². The molecule has 0 saturated carbocycles. The van der Waals surface area contributed by atoms with Crippen molar-refractivity contribution in [3.05, 3.63) is 41.5 Å². The van der Waals surface area contributed by atoms with Crippen LogP contribution in [0.3, 0.4) is 0 Å². The van der Waals surface area contributed by atoms with E-state index in [1.165, 1.54) is 6.07 Å². The summed E-state index contributed by atoms with van der Waals surface area (Å²) in [6.45, 7) is 4.28. The molecule has 0 bridgehead atoms. The second-order valence-corrected chi connectivity index (χ2v) is 5.53.